The minimum Gasteiger partial charge on any atom is -0.490 e. The van der Waals surface area contributed by atoms with E-state index < -0.39 is 0 Å². The number of hydrogen-bond donors (Lipinski definition) is 0. The van der Waals surface area contributed by atoms with Gasteiger partial charge in [-0.3, -0.25) is 9.59 Å². The van der Waals surface area contributed by atoms with Crippen LogP contribution in [0.3, 0.4) is 0 Å². The zero-order chi connectivity index (χ0) is 22.4. The van der Waals surface area contributed by atoms with Crippen molar-refractivity contribution in [2.45, 2.75) is 44.7 Å². The Hall–Kier alpha value is -3.61. The SMILES string of the molecule is O=c1c2cc3c(=O)n(C4CCCC4)ccc3nc2ccn1Cc1ccc2c(c1)OCCCO2. The molecule has 0 saturated heterocycles. The predicted octanol–water partition coefficient (Wildman–Crippen LogP) is 4.04. The van der Waals surface area contributed by atoms with Crippen LogP contribution in [0.2, 0.25) is 0 Å². The van der Waals surface area contributed by atoms with Crippen molar-refractivity contribution < 1.29 is 9.47 Å². The molecule has 0 N–H and O–H groups in total. The van der Waals surface area contributed by atoms with Gasteiger partial charge in [-0.05, 0) is 48.7 Å². The largest absolute Gasteiger partial charge is 0.490 e. The standard InChI is InChI=1S/C26H25N3O4/c30-25-19-15-20-22(9-11-29(26(20)31)18-4-1-2-5-18)27-21(19)8-10-28(25)16-17-6-7-23-24(14-17)33-13-3-12-32-23/h6-11,14-15,18H,1-5,12-13,16H2. The summed E-state index contributed by atoms with van der Waals surface area (Å²) in [5, 5.41) is 0.961. The summed E-state index contributed by atoms with van der Waals surface area (Å²) >= 11 is 0. The molecule has 0 unspecified atom stereocenters. The number of aromatic nitrogens is 3. The molecule has 2 aliphatic rings. The summed E-state index contributed by atoms with van der Waals surface area (Å²) in [6.45, 7) is 1.65. The normalized spacial score (nSPS) is 16.4. The average molecular weight is 444 g/mol. The second-order valence-corrected chi connectivity index (χ2v) is 8.90. The van der Waals surface area contributed by atoms with Crippen molar-refractivity contribution >= 4 is 21.8 Å². The number of hydrogen-bond acceptors (Lipinski definition) is 5. The Morgan fingerprint density at radius 3 is 2.36 bits per heavy atom. The van der Waals surface area contributed by atoms with Crippen LogP contribution in [0.15, 0.2) is 58.4 Å². The van der Waals surface area contributed by atoms with Gasteiger partial charge in [-0.15, -0.1) is 0 Å². The van der Waals surface area contributed by atoms with Crippen LogP contribution in [0.4, 0.5) is 0 Å². The third kappa shape index (κ3) is 3.57. The van der Waals surface area contributed by atoms with E-state index in [1.807, 2.05) is 41.1 Å². The molecule has 4 heterocycles. The number of nitrogens with zero attached hydrogens (tertiary/aromatic N) is 3. The smallest absolute Gasteiger partial charge is 0.260 e. The van der Waals surface area contributed by atoms with Crippen molar-refractivity contribution in [3.63, 3.8) is 0 Å². The number of rotatable bonds is 3. The van der Waals surface area contributed by atoms with Crippen LogP contribution in [0.25, 0.3) is 21.8 Å². The van der Waals surface area contributed by atoms with Crippen LogP contribution >= 0.6 is 0 Å². The maximum atomic E-state index is 13.3. The van der Waals surface area contributed by atoms with Crippen molar-refractivity contribution in [3.05, 3.63) is 75.1 Å². The summed E-state index contributed by atoms with van der Waals surface area (Å²) in [4.78, 5) is 31.2. The highest BCUT2D eigenvalue weighted by Crippen LogP contribution is 2.31. The maximum Gasteiger partial charge on any atom is 0.260 e. The summed E-state index contributed by atoms with van der Waals surface area (Å²) in [5.74, 6) is 1.44. The van der Waals surface area contributed by atoms with Gasteiger partial charge in [-0.2, -0.15) is 0 Å². The summed E-state index contributed by atoms with van der Waals surface area (Å²) in [6.07, 6.45) is 8.80. The number of ether oxygens (including phenoxy) is 2. The zero-order valence-corrected chi connectivity index (χ0v) is 18.3. The first-order valence-electron chi connectivity index (χ1n) is 11.6. The van der Waals surface area contributed by atoms with Gasteiger partial charge in [0.05, 0.1) is 41.6 Å². The molecule has 0 bridgehead atoms. The van der Waals surface area contributed by atoms with Crippen LogP contribution in [0, 0.1) is 0 Å². The monoisotopic (exact) mass is 443 g/mol. The van der Waals surface area contributed by atoms with E-state index in [-0.39, 0.29) is 17.2 Å². The highest BCUT2D eigenvalue weighted by atomic mass is 16.5. The van der Waals surface area contributed by atoms with Crippen LogP contribution < -0.4 is 20.6 Å². The van der Waals surface area contributed by atoms with Gasteiger partial charge in [0.25, 0.3) is 11.1 Å². The molecule has 7 nitrogen and oxygen atoms in total. The molecule has 7 heteroatoms. The van der Waals surface area contributed by atoms with Crippen molar-refractivity contribution in [3.8, 4) is 11.5 Å². The fraction of sp³-hybridized carbons (Fsp3) is 0.346. The van der Waals surface area contributed by atoms with E-state index in [2.05, 4.69) is 4.98 Å². The Morgan fingerprint density at radius 1 is 0.818 bits per heavy atom. The molecule has 4 aromatic rings. The van der Waals surface area contributed by atoms with Crippen molar-refractivity contribution in [2.75, 3.05) is 13.2 Å². The predicted molar refractivity (Wildman–Crippen MR) is 126 cm³/mol. The molecule has 33 heavy (non-hydrogen) atoms. The minimum absolute atomic E-state index is 0.0634. The van der Waals surface area contributed by atoms with Crippen molar-refractivity contribution in [1.29, 1.82) is 0 Å². The number of fused-ring (bicyclic) bond motifs is 3. The molecule has 1 aliphatic heterocycles. The molecule has 0 atom stereocenters. The van der Waals surface area contributed by atoms with E-state index in [1.165, 1.54) is 0 Å². The van der Waals surface area contributed by atoms with E-state index in [9.17, 15) is 9.59 Å². The zero-order valence-electron chi connectivity index (χ0n) is 18.3. The summed E-state index contributed by atoms with van der Waals surface area (Å²) in [7, 11) is 0. The van der Waals surface area contributed by atoms with Gasteiger partial charge in [-0.25, -0.2) is 4.98 Å². The molecule has 1 aliphatic carbocycles. The van der Waals surface area contributed by atoms with Gasteiger partial charge < -0.3 is 18.6 Å². The lowest BCUT2D eigenvalue weighted by Gasteiger charge is -2.14. The van der Waals surface area contributed by atoms with Gasteiger partial charge in [0, 0.05) is 24.9 Å². The van der Waals surface area contributed by atoms with Gasteiger partial charge in [0.1, 0.15) is 0 Å². The first kappa shape index (κ1) is 20.0. The summed E-state index contributed by atoms with van der Waals surface area (Å²) in [5.41, 5.74) is 1.94. The highest BCUT2D eigenvalue weighted by Gasteiger charge is 2.19. The lowest BCUT2D eigenvalue weighted by atomic mass is 10.1. The summed E-state index contributed by atoms with van der Waals surface area (Å²) in [6, 6.07) is 11.4. The van der Waals surface area contributed by atoms with E-state index in [1.54, 1.807) is 16.8 Å². The van der Waals surface area contributed by atoms with Gasteiger partial charge in [-0.1, -0.05) is 18.9 Å². The topological polar surface area (TPSA) is 75.4 Å². The van der Waals surface area contributed by atoms with Crippen molar-refractivity contribution in [2.24, 2.45) is 0 Å². The molecule has 0 spiro atoms. The van der Waals surface area contributed by atoms with Crippen LogP contribution in [-0.2, 0) is 6.54 Å². The number of benzene rings is 1. The molecule has 0 amide bonds. The molecular weight excluding hydrogens is 418 g/mol. The molecule has 3 aromatic heterocycles. The second-order valence-electron chi connectivity index (χ2n) is 8.90. The highest BCUT2D eigenvalue weighted by molar-refractivity contribution is 5.91. The molecule has 1 saturated carbocycles. The summed E-state index contributed by atoms with van der Waals surface area (Å²) < 4.78 is 15.0. The first-order valence-corrected chi connectivity index (χ1v) is 11.6. The Bertz CT molecular complexity index is 1480. The molecule has 1 fully saturated rings. The fourth-order valence-corrected chi connectivity index (χ4v) is 4.98. The van der Waals surface area contributed by atoms with E-state index in [4.69, 9.17) is 9.47 Å². The van der Waals surface area contributed by atoms with Gasteiger partial charge in [0.15, 0.2) is 11.5 Å². The minimum atomic E-state index is -0.162. The molecular formula is C26H25N3O4. The fourth-order valence-electron chi connectivity index (χ4n) is 4.98. The molecule has 0 radical (unpaired) electrons. The quantitative estimate of drug-likeness (QED) is 0.447. The second kappa shape index (κ2) is 8.06. The Labute approximate surface area is 190 Å². The Kier molecular flexibility index (Phi) is 4.89. The van der Waals surface area contributed by atoms with Crippen LogP contribution in [-0.4, -0.2) is 27.3 Å². The van der Waals surface area contributed by atoms with Crippen LogP contribution in [0.5, 0.6) is 11.5 Å². The molecule has 6 rings (SSSR count). The lowest BCUT2D eigenvalue weighted by molar-refractivity contribution is 0.297. The van der Waals surface area contributed by atoms with Gasteiger partial charge in [0.2, 0.25) is 0 Å². The van der Waals surface area contributed by atoms with Crippen molar-refractivity contribution in [1.82, 2.24) is 14.1 Å². The van der Waals surface area contributed by atoms with E-state index in [0.717, 1.165) is 43.4 Å². The van der Waals surface area contributed by atoms with Crippen LogP contribution in [0.1, 0.15) is 43.7 Å². The first-order chi connectivity index (χ1) is 16.2. The number of pyridine rings is 3. The lowest BCUT2D eigenvalue weighted by Crippen LogP contribution is -2.24. The Morgan fingerprint density at radius 2 is 1.55 bits per heavy atom. The van der Waals surface area contributed by atoms with E-state index in [0.29, 0.717) is 47.3 Å². The van der Waals surface area contributed by atoms with Gasteiger partial charge >= 0.3 is 0 Å². The molecule has 1 aromatic carbocycles. The van der Waals surface area contributed by atoms with E-state index >= 15 is 0 Å². The molecule has 168 valence electrons. The third-order valence-corrected chi connectivity index (χ3v) is 6.73. The third-order valence-electron chi connectivity index (χ3n) is 6.73. The Balaban J connectivity index is 1.41. The average Bonchev–Trinajstić information content (AvgIpc) is 3.26. The maximum absolute atomic E-state index is 13.3.